The zero-order valence-electron chi connectivity index (χ0n) is 15.4. The Morgan fingerprint density at radius 2 is 2.00 bits per heavy atom. The molecule has 0 unspecified atom stereocenters. The molecule has 0 aromatic heterocycles. The van der Waals surface area contributed by atoms with E-state index in [1.807, 2.05) is 19.1 Å². The Morgan fingerprint density at radius 3 is 2.59 bits per heavy atom. The summed E-state index contributed by atoms with van der Waals surface area (Å²) in [5, 5.41) is 12.8. The zero-order valence-corrected chi connectivity index (χ0v) is 16.2. The fraction of sp³-hybridized carbons (Fsp3) is 0.286. The summed E-state index contributed by atoms with van der Waals surface area (Å²) in [6.45, 7) is 3.40. The normalized spacial score (nSPS) is 15.7. The van der Waals surface area contributed by atoms with E-state index < -0.39 is 0 Å². The van der Waals surface area contributed by atoms with Crippen LogP contribution in [0.2, 0.25) is 5.02 Å². The predicted molar refractivity (Wildman–Crippen MR) is 108 cm³/mol. The molecule has 0 aliphatic carbocycles. The minimum absolute atomic E-state index is 0.0716. The van der Waals surface area contributed by atoms with Crippen LogP contribution in [0.5, 0.6) is 11.5 Å². The van der Waals surface area contributed by atoms with Crippen molar-refractivity contribution in [3.05, 3.63) is 59.1 Å². The first-order valence-corrected chi connectivity index (χ1v) is 9.22. The van der Waals surface area contributed by atoms with E-state index in [1.54, 1.807) is 37.4 Å². The van der Waals surface area contributed by atoms with Gasteiger partial charge in [0.25, 0.3) is 0 Å². The fourth-order valence-corrected chi connectivity index (χ4v) is 3.39. The van der Waals surface area contributed by atoms with Crippen LogP contribution < -0.4 is 10.1 Å². The van der Waals surface area contributed by atoms with Crippen LogP contribution in [-0.2, 0) is 4.79 Å². The number of amides is 1. The number of carbonyl (C=O) groups excluding carboxylic acids is 1. The number of benzene rings is 2. The molecule has 1 aliphatic heterocycles. The van der Waals surface area contributed by atoms with Crippen LogP contribution >= 0.6 is 11.6 Å². The van der Waals surface area contributed by atoms with Gasteiger partial charge in [0.1, 0.15) is 11.5 Å². The topological polar surface area (TPSA) is 61.8 Å². The molecule has 1 amide bonds. The van der Waals surface area contributed by atoms with Crippen molar-refractivity contribution in [2.45, 2.75) is 19.4 Å². The number of anilines is 1. The highest BCUT2D eigenvalue weighted by atomic mass is 35.5. The molecule has 1 atom stereocenters. The summed E-state index contributed by atoms with van der Waals surface area (Å²) in [7, 11) is 1.55. The maximum Gasteiger partial charge on any atom is 0.241 e. The number of carbonyl (C=O) groups is 1. The lowest BCUT2D eigenvalue weighted by molar-refractivity contribution is -0.120. The molecule has 0 bridgehead atoms. The number of phenolic OH excluding ortho intramolecular Hbond substituents is 1. The van der Waals surface area contributed by atoms with Crippen molar-refractivity contribution in [2.75, 3.05) is 25.5 Å². The molecule has 3 rings (SSSR count). The first-order chi connectivity index (χ1) is 13.0. The van der Waals surface area contributed by atoms with E-state index >= 15 is 0 Å². The molecule has 27 heavy (non-hydrogen) atoms. The first-order valence-electron chi connectivity index (χ1n) is 8.85. The summed E-state index contributed by atoms with van der Waals surface area (Å²) >= 11 is 6.12. The van der Waals surface area contributed by atoms with Crippen LogP contribution in [-0.4, -0.2) is 42.2 Å². The molecule has 2 aromatic carbocycles. The van der Waals surface area contributed by atoms with Gasteiger partial charge in [-0.05, 0) is 54.8 Å². The lowest BCUT2D eigenvalue weighted by Crippen LogP contribution is -2.44. The highest BCUT2D eigenvalue weighted by Crippen LogP contribution is 2.28. The highest BCUT2D eigenvalue weighted by Gasteiger charge is 2.23. The van der Waals surface area contributed by atoms with E-state index in [1.165, 1.54) is 5.57 Å². The Labute approximate surface area is 164 Å². The fourth-order valence-electron chi connectivity index (χ4n) is 3.13. The van der Waals surface area contributed by atoms with Gasteiger partial charge in [-0.15, -0.1) is 0 Å². The van der Waals surface area contributed by atoms with E-state index in [0.717, 1.165) is 18.5 Å². The minimum Gasteiger partial charge on any atom is -0.508 e. The summed E-state index contributed by atoms with van der Waals surface area (Å²) in [6.07, 6.45) is 3.00. The van der Waals surface area contributed by atoms with Crippen molar-refractivity contribution in [1.82, 2.24) is 4.90 Å². The van der Waals surface area contributed by atoms with Crippen LogP contribution in [0.3, 0.4) is 0 Å². The van der Waals surface area contributed by atoms with Gasteiger partial charge in [0, 0.05) is 18.8 Å². The molecule has 142 valence electrons. The number of aromatic hydroxyl groups is 1. The summed E-state index contributed by atoms with van der Waals surface area (Å²) in [6, 6.07) is 12.1. The third-order valence-corrected chi connectivity index (χ3v) is 5.12. The molecule has 5 nitrogen and oxygen atoms in total. The lowest BCUT2D eigenvalue weighted by Gasteiger charge is -2.31. The van der Waals surface area contributed by atoms with Gasteiger partial charge in [-0.2, -0.15) is 0 Å². The smallest absolute Gasteiger partial charge is 0.241 e. The lowest BCUT2D eigenvalue weighted by atomic mass is 9.98. The van der Waals surface area contributed by atoms with Crippen LogP contribution in [0.25, 0.3) is 5.57 Å². The molecular formula is C21H23ClN2O3. The highest BCUT2D eigenvalue weighted by molar-refractivity contribution is 6.32. The largest absolute Gasteiger partial charge is 0.508 e. The number of halogens is 1. The second-order valence-electron chi connectivity index (χ2n) is 6.54. The van der Waals surface area contributed by atoms with Gasteiger partial charge < -0.3 is 15.2 Å². The maximum absolute atomic E-state index is 12.6. The maximum atomic E-state index is 12.6. The molecule has 1 heterocycles. The Kier molecular flexibility index (Phi) is 6.04. The minimum atomic E-state index is -0.261. The van der Waals surface area contributed by atoms with Gasteiger partial charge in [0.2, 0.25) is 5.91 Å². The molecule has 0 radical (unpaired) electrons. The van der Waals surface area contributed by atoms with Gasteiger partial charge in [-0.3, -0.25) is 9.69 Å². The van der Waals surface area contributed by atoms with Gasteiger partial charge >= 0.3 is 0 Å². The van der Waals surface area contributed by atoms with Gasteiger partial charge in [-0.1, -0.05) is 29.8 Å². The Bertz CT molecular complexity index is 849. The summed E-state index contributed by atoms with van der Waals surface area (Å²) in [4.78, 5) is 14.7. The number of methoxy groups -OCH3 is 1. The standard InChI is InChI=1S/C21H23ClN2O3/c1-14(21(26)23-17-5-8-20(27-2)19(22)13-17)24-11-9-16(10-12-24)15-3-6-18(25)7-4-15/h3-9,13-14,25H,10-12H2,1-2H3,(H,23,26)/t14-/m1/s1. The number of phenols is 1. The average Bonchev–Trinajstić information content (AvgIpc) is 2.68. The Balaban J connectivity index is 1.61. The number of hydrogen-bond acceptors (Lipinski definition) is 4. The molecule has 0 spiro atoms. The summed E-state index contributed by atoms with van der Waals surface area (Å²) < 4.78 is 5.13. The molecular weight excluding hydrogens is 364 g/mol. The monoisotopic (exact) mass is 386 g/mol. The molecule has 0 saturated heterocycles. The molecule has 0 saturated carbocycles. The van der Waals surface area contributed by atoms with Crippen LogP contribution in [0.15, 0.2) is 48.5 Å². The molecule has 2 N–H and O–H groups in total. The third-order valence-electron chi connectivity index (χ3n) is 4.83. The van der Waals surface area contributed by atoms with Crippen molar-refractivity contribution in [3.8, 4) is 11.5 Å². The number of ether oxygens (including phenoxy) is 1. The predicted octanol–water partition coefficient (Wildman–Crippen LogP) is 4.17. The van der Waals surface area contributed by atoms with E-state index in [-0.39, 0.29) is 17.7 Å². The summed E-state index contributed by atoms with van der Waals surface area (Å²) in [5.74, 6) is 0.768. The van der Waals surface area contributed by atoms with Gasteiger partial charge in [0.05, 0.1) is 18.2 Å². The molecule has 0 fully saturated rings. The number of rotatable bonds is 5. The molecule has 1 aliphatic rings. The van der Waals surface area contributed by atoms with E-state index in [2.05, 4.69) is 16.3 Å². The van der Waals surface area contributed by atoms with Crippen LogP contribution in [0.4, 0.5) is 5.69 Å². The van der Waals surface area contributed by atoms with E-state index in [9.17, 15) is 9.90 Å². The Hall–Kier alpha value is -2.50. The summed E-state index contributed by atoms with van der Waals surface area (Å²) in [5.41, 5.74) is 2.99. The SMILES string of the molecule is COc1ccc(NC(=O)[C@@H](C)N2CC=C(c3ccc(O)cc3)CC2)cc1Cl. The van der Waals surface area contributed by atoms with Crippen LogP contribution in [0, 0.1) is 0 Å². The average molecular weight is 387 g/mol. The van der Waals surface area contributed by atoms with Gasteiger partial charge in [-0.25, -0.2) is 0 Å². The number of nitrogens with zero attached hydrogens (tertiary/aromatic N) is 1. The number of hydrogen-bond donors (Lipinski definition) is 2. The van der Waals surface area contributed by atoms with E-state index in [4.69, 9.17) is 16.3 Å². The van der Waals surface area contributed by atoms with Crippen LogP contribution in [0.1, 0.15) is 18.9 Å². The van der Waals surface area contributed by atoms with Crippen molar-refractivity contribution in [1.29, 1.82) is 0 Å². The van der Waals surface area contributed by atoms with Crippen molar-refractivity contribution >= 4 is 28.8 Å². The Morgan fingerprint density at radius 1 is 1.26 bits per heavy atom. The van der Waals surface area contributed by atoms with Crippen molar-refractivity contribution in [2.24, 2.45) is 0 Å². The quantitative estimate of drug-likeness (QED) is 0.809. The van der Waals surface area contributed by atoms with Crippen molar-refractivity contribution in [3.63, 3.8) is 0 Å². The van der Waals surface area contributed by atoms with Gasteiger partial charge in [0.15, 0.2) is 0 Å². The number of nitrogens with one attached hydrogen (secondary N) is 1. The van der Waals surface area contributed by atoms with Crippen molar-refractivity contribution < 1.29 is 14.6 Å². The van der Waals surface area contributed by atoms with E-state index in [0.29, 0.717) is 23.0 Å². The molecule has 6 heteroatoms. The third kappa shape index (κ3) is 4.62. The molecule has 2 aromatic rings. The second-order valence-corrected chi connectivity index (χ2v) is 6.94. The second kappa shape index (κ2) is 8.46. The zero-order chi connectivity index (χ0) is 19.4. The first kappa shape index (κ1) is 19.3.